The number of urea groups is 1. The maximum atomic E-state index is 13.6. The molecule has 0 radical (unpaired) electrons. The lowest BCUT2D eigenvalue weighted by atomic mass is 10.1. The quantitative estimate of drug-likeness (QED) is 0.426. The summed E-state index contributed by atoms with van der Waals surface area (Å²) in [6.45, 7) is 3.71. The molecule has 9 nitrogen and oxygen atoms in total. The number of anilines is 2. The Hall–Kier alpha value is -3.51. The van der Waals surface area contributed by atoms with Crippen molar-refractivity contribution in [2.24, 2.45) is 0 Å². The van der Waals surface area contributed by atoms with Crippen molar-refractivity contribution in [2.45, 2.75) is 26.4 Å². The first-order valence-electron chi connectivity index (χ1n) is 9.53. The summed E-state index contributed by atoms with van der Waals surface area (Å²) in [6.07, 6.45) is 1.17. The molecule has 0 bridgehead atoms. The van der Waals surface area contributed by atoms with Gasteiger partial charge in [-0.3, -0.25) is 0 Å². The van der Waals surface area contributed by atoms with Crippen LogP contribution < -0.4 is 10.6 Å². The summed E-state index contributed by atoms with van der Waals surface area (Å²) in [7, 11) is 1.56. The molecular weight excluding hydrogens is 440 g/mol. The van der Waals surface area contributed by atoms with Crippen LogP contribution in [0.4, 0.5) is 25.0 Å². The minimum absolute atomic E-state index is 0.126. The van der Waals surface area contributed by atoms with E-state index in [1.165, 1.54) is 48.1 Å². The van der Waals surface area contributed by atoms with Crippen LogP contribution >= 0.6 is 11.3 Å². The van der Waals surface area contributed by atoms with Crippen LogP contribution in [-0.4, -0.2) is 38.1 Å². The lowest BCUT2D eigenvalue weighted by Crippen LogP contribution is -2.21. The third kappa shape index (κ3) is 4.27. The molecule has 4 aromatic rings. The fraction of sp³-hybridized carbons (Fsp3) is 0.250. The van der Waals surface area contributed by atoms with Gasteiger partial charge in [-0.2, -0.15) is 15.0 Å². The molecule has 1 atom stereocenters. The lowest BCUT2D eigenvalue weighted by molar-refractivity contribution is 0.121. The molecule has 166 valence electrons. The van der Waals surface area contributed by atoms with Gasteiger partial charge in [-0.15, -0.1) is 0 Å². The first kappa shape index (κ1) is 21.7. The highest BCUT2D eigenvalue weighted by Crippen LogP contribution is 2.34. The molecule has 0 fully saturated rings. The summed E-state index contributed by atoms with van der Waals surface area (Å²) >= 11 is 1.44. The molecule has 3 heterocycles. The Balaban J connectivity index is 1.60. The zero-order valence-electron chi connectivity index (χ0n) is 17.3. The summed E-state index contributed by atoms with van der Waals surface area (Å²) < 4.78 is 32.6. The molecule has 0 spiro atoms. The van der Waals surface area contributed by atoms with Crippen LogP contribution in [0.1, 0.15) is 35.6 Å². The average Bonchev–Trinajstić information content (AvgIpc) is 3.42. The number of aryl methyl sites for hydroxylation is 1. The summed E-state index contributed by atoms with van der Waals surface area (Å²) in [5, 5.41) is 13.9. The van der Waals surface area contributed by atoms with Crippen LogP contribution in [0.2, 0.25) is 0 Å². The number of ether oxygens (including phenoxy) is 1. The summed E-state index contributed by atoms with van der Waals surface area (Å²) in [5.74, 6) is 0. The van der Waals surface area contributed by atoms with E-state index >= 15 is 0 Å². The maximum Gasteiger partial charge on any atom is 0.323 e. The Bertz CT molecular complexity index is 1260. The van der Waals surface area contributed by atoms with E-state index < -0.39 is 12.5 Å². The van der Waals surface area contributed by atoms with Gasteiger partial charge in [0.15, 0.2) is 0 Å². The van der Waals surface area contributed by atoms with Crippen LogP contribution in [0, 0.1) is 6.92 Å². The number of nitrogens with zero attached hydrogens (tertiary/aromatic N) is 5. The summed E-state index contributed by atoms with van der Waals surface area (Å²) in [6, 6.07) is 3.48. The second-order valence-corrected chi connectivity index (χ2v) is 8.00. The molecule has 4 rings (SSSR count). The largest absolute Gasteiger partial charge is 0.377 e. The fourth-order valence-electron chi connectivity index (χ4n) is 3.24. The highest BCUT2D eigenvalue weighted by Gasteiger charge is 2.21. The number of hydrogen-bond donors (Lipinski definition) is 2. The van der Waals surface area contributed by atoms with Crippen LogP contribution in [0.15, 0.2) is 36.8 Å². The monoisotopic (exact) mass is 459 g/mol. The predicted molar refractivity (Wildman–Crippen MR) is 117 cm³/mol. The van der Waals surface area contributed by atoms with Gasteiger partial charge in [0.1, 0.15) is 10.3 Å². The van der Waals surface area contributed by atoms with Gasteiger partial charge in [0, 0.05) is 23.9 Å². The number of methoxy groups -OCH3 is 1. The van der Waals surface area contributed by atoms with E-state index in [9.17, 15) is 13.6 Å². The van der Waals surface area contributed by atoms with Gasteiger partial charge in [-0.1, -0.05) is 11.3 Å². The number of rotatable bonds is 6. The van der Waals surface area contributed by atoms with Crippen molar-refractivity contribution < 1.29 is 18.3 Å². The van der Waals surface area contributed by atoms with Crippen LogP contribution in [0.3, 0.4) is 0 Å². The van der Waals surface area contributed by atoms with Gasteiger partial charge >= 0.3 is 6.03 Å². The summed E-state index contributed by atoms with van der Waals surface area (Å²) in [5.41, 5.74) is 1.75. The minimum atomic E-state index is -2.78. The van der Waals surface area contributed by atoms with E-state index in [1.807, 2.05) is 13.8 Å². The number of hydrogen-bond acceptors (Lipinski definition) is 7. The Morgan fingerprint density at radius 2 is 1.97 bits per heavy atom. The van der Waals surface area contributed by atoms with Crippen LogP contribution in [0.5, 0.6) is 0 Å². The maximum absolute atomic E-state index is 13.6. The molecule has 0 saturated carbocycles. The third-order valence-corrected chi connectivity index (χ3v) is 5.61. The Morgan fingerprint density at radius 1 is 1.22 bits per heavy atom. The van der Waals surface area contributed by atoms with Crippen molar-refractivity contribution in [1.82, 2.24) is 25.0 Å². The number of alkyl halides is 2. The molecule has 12 heteroatoms. The molecule has 0 aliphatic carbocycles. The second-order valence-electron chi connectivity index (χ2n) is 6.82. The number of carbonyl (C=O) groups excluding carboxylic acids is 1. The van der Waals surface area contributed by atoms with Crippen molar-refractivity contribution >= 4 is 39.1 Å². The number of benzene rings is 1. The predicted octanol–water partition coefficient (Wildman–Crippen LogP) is 4.87. The van der Waals surface area contributed by atoms with Crippen molar-refractivity contribution in [1.29, 1.82) is 0 Å². The highest BCUT2D eigenvalue weighted by atomic mass is 32.1. The lowest BCUT2D eigenvalue weighted by Gasteiger charge is -2.17. The number of aromatic nitrogens is 5. The van der Waals surface area contributed by atoms with Gasteiger partial charge in [0.05, 0.1) is 41.1 Å². The molecule has 2 amide bonds. The minimum Gasteiger partial charge on any atom is -0.377 e. The standard InChI is InChI=1S/C20H19F2N7O2S/c1-10(31-3)16-14(9-23-19-17(16)26-11(2)32-19)28-20(30)27-12-4-5-15(13(8-12)18(21)22)29-24-6-7-25-29/h4-10,18H,1-3H3,(H2,27,28,30)/t10-/m0/s1. The normalized spacial score (nSPS) is 12.3. The van der Waals surface area contributed by atoms with Gasteiger partial charge in [0.25, 0.3) is 6.43 Å². The number of pyridine rings is 1. The number of fused-ring (bicyclic) bond motifs is 1. The SMILES string of the molecule is CO[C@@H](C)c1c(NC(=O)Nc2ccc(-n3nccn3)c(C(F)F)c2)cnc2sc(C)nc12. The first-order chi connectivity index (χ1) is 15.4. The molecule has 2 N–H and O–H groups in total. The van der Waals surface area contributed by atoms with Gasteiger partial charge in [-0.25, -0.2) is 23.5 Å². The van der Waals surface area contributed by atoms with Gasteiger partial charge in [-0.05, 0) is 32.0 Å². The average molecular weight is 459 g/mol. The Kier molecular flexibility index (Phi) is 6.06. The molecule has 0 aliphatic rings. The number of halogens is 2. The number of amides is 2. The van der Waals surface area contributed by atoms with E-state index in [2.05, 4.69) is 30.8 Å². The zero-order valence-corrected chi connectivity index (χ0v) is 18.2. The smallest absolute Gasteiger partial charge is 0.323 e. The van der Waals surface area contributed by atoms with Crippen molar-refractivity contribution in [3.63, 3.8) is 0 Å². The highest BCUT2D eigenvalue weighted by molar-refractivity contribution is 7.18. The Labute approximate surface area is 185 Å². The van der Waals surface area contributed by atoms with E-state index in [0.717, 1.165) is 14.6 Å². The molecule has 0 saturated heterocycles. The first-order valence-corrected chi connectivity index (χ1v) is 10.3. The number of nitrogens with one attached hydrogen (secondary N) is 2. The molecule has 0 unspecified atom stereocenters. The molecular formula is C20H19F2N7O2S. The van der Waals surface area contributed by atoms with Crippen LogP contribution in [0.25, 0.3) is 16.0 Å². The third-order valence-electron chi connectivity index (χ3n) is 4.74. The zero-order chi connectivity index (χ0) is 22.8. The Morgan fingerprint density at radius 3 is 2.66 bits per heavy atom. The van der Waals surface area contributed by atoms with Gasteiger partial charge in [0.2, 0.25) is 0 Å². The van der Waals surface area contributed by atoms with Crippen molar-refractivity contribution in [3.05, 3.63) is 52.9 Å². The molecule has 32 heavy (non-hydrogen) atoms. The number of thiazole rings is 1. The molecule has 1 aromatic carbocycles. The van der Waals surface area contributed by atoms with Crippen molar-refractivity contribution in [2.75, 3.05) is 17.7 Å². The topological polar surface area (TPSA) is 107 Å². The van der Waals surface area contributed by atoms with Gasteiger partial charge < -0.3 is 15.4 Å². The number of carbonyl (C=O) groups is 1. The van der Waals surface area contributed by atoms with E-state index in [4.69, 9.17) is 4.74 Å². The van der Waals surface area contributed by atoms with E-state index in [0.29, 0.717) is 16.8 Å². The summed E-state index contributed by atoms with van der Waals surface area (Å²) in [4.78, 5) is 23.4. The molecule has 3 aromatic heterocycles. The van der Waals surface area contributed by atoms with E-state index in [-0.39, 0.29) is 23.0 Å². The van der Waals surface area contributed by atoms with Crippen molar-refractivity contribution in [3.8, 4) is 5.69 Å². The van der Waals surface area contributed by atoms with E-state index in [1.54, 1.807) is 7.11 Å². The van der Waals surface area contributed by atoms with Crippen LogP contribution in [-0.2, 0) is 4.74 Å². The fourth-order valence-corrected chi connectivity index (χ4v) is 4.02. The molecule has 0 aliphatic heterocycles. The second kappa shape index (κ2) is 8.93.